The number of amides is 1. The summed E-state index contributed by atoms with van der Waals surface area (Å²) in [6.07, 6.45) is 1.78. The fourth-order valence-corrected chi connectivity index (χ4v) is 3.08. The van der Waals surface area contributed by atoms with Crippen LogP contribution in [0.5, 0.6) is 0 Å². The number of benzene rings is 2. The molecule has 1 amide bonds. The third-order valence-electron chi connectivity index (χ3n) is 4.49. The smallest absolute Gasteiger partial charge is 0.254 e. The van der Waals surface area contributed by atoms with E-state index in [1.54, 1.807) is 6.20 Å². The van der Waals surface area contributed by atoms with Gasteiger partial charge in [0.15, 0.2) is 0 Å². The van der Waals surface area contributed by atoms with E-state index in [0.717, 1.165) is 27.9 Å². The highest BCUT2D eigenvalue weighted by atomic mass is 16.2. The Morgan fingerprint density at radius 3 is 2.25 bits per heavy atom. The standard InChI is InChI=1S/C21H18N2O/c1-15-4-6-16(7-5-15)17-8-10-18(11-9-17)21(24)23-13-19-3-2-12-22-20(19)14-23/h2-12H,13-14H2,1H3. The first kappa shape index (κ1) is 14.6. The predicted octanol–water partition coefficient (Wildman–Crippen LogP) is 4.21. The maximum absolute atomic E-state index is 12.7. The van der Waals surface area contributed by atoms with E-state index >= 15 is 0 Å². The Morgan fingerprint density at radius 2 is 1.58 bits per heavy atom. The fraction of sp³-hybridized carbons (Fsp3) is 0.143. The normalized spacial score (nSPS) is 13.0. The zero-order chi connectivity index (χ0) is 16.5. The highest BCUT2D eigenvalue weighted by Gasteiger charge is 2.24. The molecule has 2 aromatic carbocycles. The molecule has 1 aliphatic rings. The third-order valence-corrected chi connectivity index (χ3v) is 4.49. The largest absolute Gasteiger partial charge is 0.328 e. The molecule has 3 aromatic rings. The lowest BCUT2D eigenvalue weighted by atomic mass is 10.0. The van der Waals surface area contributed by atoms with Gasteiger partial charge in [-0.05, 0) is 41.8 Å². The van der Waals surface area contributed by atoms with Crippen molar-refractivity contribution in [2.24, 2.45) is 0 Å². The number of nitrogens with zero attached hydrogens (tertiary/aromatic N) is 2. The summed E-state index contributed by atoms with van der Waals surface area (Å²) in [6.45, 7) is 3.31. The Morgan fingerprint density at radius 1 is 0.917 bits per heavy atom. The van der Waals surface area contributed by atoms with Crippen LogP contribution < -0.4 is 0 Å². The summed E-state index contributed by atoms with van der Waals surface area (Å²) < 4.78 is 0. The first-order chi connectivity index (χ1) is 11.7. The third kappa shape index (κ3) is 2.69. The van der Waals surface area contributed by atoms with Crippen LogP contribution in [0.2, 0.25) is 0 Å². The molecule has 0 atom stereocenters. The molecule has 24 heavy (non-hydrogen) atoms. The van der Waals surface area contributed by atoms with Gasteiger partial charge in [0.25, 0.3) is 5.91 Å². The Hall–Kier alpha value is -2.94. The molecular weight excluding hydrogens is 296 g/mol. The zero-order valence-corrected chi connectivity index (χ0v) is 13.6. The van der Waals surface area contributed by atoms with Crippen molar-refractivity contribution in [1.29, 1.82) is 0 Å². The molecule has 0 bridgehead atoms. The molecule has 3 heteroatoms. The highest BCUT2D eigenvalue weighted by Crippen LogP contribution is 2.24. The van der Waals surface area contributed by atoms with Crippen molar-refractivity contribution >= 4 is 5.91 Å². The number of aromatic nitrogens is 1. The van der Waals surface area contributed by atoms with Crippen LogP contribution in [0.3, 0.4) is 0 Å². The van der Waals surface area contributed by atoms with E-state index in [9.17, 15) is 4.79 Å². The van der Waals surface area contributed by atoms with Gasteiger partial charge in [0.1, 0.15) is 0 Å². The average Bonchev–Trinajstić information content (AvgIpc) is 3.06. The van der Waals surface area contributed by atoms with Crippen LogP contribution in [0.4, 0.5) is 0 Å². The molecular formula is C21H18N2O. The van der Waals surface area contributed by atoms with Crippen molar-refractivity contribution in [3.63, 3.8) is 0 Å². The number of fused-ring (bicyclic) bond motifs is 1. The quantitative estimate of drug-likeness (QED) is 0.710. The van der Waals surface area contributed by atoms with Crippen LogP contribution in [0.1, 0.15) is 27.2 Å². The molecule has 0 unspecified atom stereocenters. The van der Waals surface area contributed by atoms with Crippen molar-refractivity contribution in [3.8, 4) is 11.1 Å². The first-order valence-corrected chi connectivity index (χ1v) is 8.10. The summed E-state index contributed by atoms with van der Waals surface area (Å²) in [5.41, 5.74) is 6.39. The molecule has 3 nitrogen and oxygen atoms in total. The molecule has 4 rings (SSSR count). The molecule has 118 valence electrons. The van der Waals surface area contributed by atoms with E-state index in [-0.39, 0.29) is 5.91 Å². The summed E-state index contributed by atoms with van der Waals surface area (Å²) in [5, 5.41) is 0. The van der Waals surface area contributed by atoms with Gasteiger partial charge in [0, 0.05) is 18.3 Å². The molecule has 1 aliphatic heterocycles. The van der Waals surface area contributed by atoms with E-state index < -0.39 is 0 Å². The molecule has 0 aliphatic carbocycles. The van der Waals surface area contributed by atoms with E-state index in [1.807, 2.05) is 41.3 Å². The topological polar surface area (TPSA) is 33.2 Å². The summed E-state index contributed by atoms with van der Waals surface area (Å²) in [7, 11) is 0. The lowest BCUT2D eigenvalue weighted by molar-refractivity contribution is 0.0750. The summed E-state index contributed by atoms with van der Waals surface area (Å²) >= 11 is 0. The number of aryl methyl sites for hydroxylation is 1. The van der Waals surface area contributed by atoms with Gasteiger partial charge in [0.2, 0.25) is 0 Å². The SMILES string of the molecule is Cc1ccc(-c2ccc(C(=O)N3Cc4cccnc4C3)cc2)cc1. The van der Waals surface area contributed by atoms with Gasteiger partial charge in [-0.1, -0.05) is 48.0 Å². The second-order valence-electron chi connectivity index (χ2n) is 6.21. The van der Waals surface area contributed by atoms with Crippen LogP contribution in [0, 0.1) is 6.92 Å². The molecule has 2 heterocycles. The number of pyridine rings is 1. The summed E-state index contributed by atoms with van der Waals surface area (Å²) in [4.78, 5) is 18.9. The molecule has 0 spiro atoms. The molecule has 0 saturated carbocycles. The Bertz CT molecular complexity index is 857. The lowest BCUT2D eigenvalue weighted by Gasteiger charge is -2.15. The minimum absolute atomic E-state index is 0.0588. The zero-order valence-electron chi connectivity index (χ0n) is 13.6. The summed E-state index contributed by atoms with van der Waals surface area (Å²) in [5.74, 6) is 0.0588. The average molecular weight is 314 g/mol. The maximum atomic E-state index is 12.7. The number of carbonyl (C=O) groups excluding carboxylic acids is 1. The van der Waals surface area contributed by atoms with Crippen LogP contribution in [0.15, 0.2) is 66.9 Å². The van der Waals surface area contributed by atoms with Gasteiger partial charge in [-0.15, -0.1) is 0 Å². The van der Waals surface area contributed by atoms with E-state index in [1.165, 1.54) is 5.56 Å². The van der Waals surface area contributed by atoms with E-state index in [4.69, 9.17) is 0 Å². The number of hydrogen-bond acceptors (Lipinski definition) is 2. The van der Waals surface area contributed by atoms with E-state index in [0.29, 0.717) is 13.1 Å². The van der Waals surface area contributed by atoms with Gasteiger partial charge in [-0.2, -0.15) is 0 Å². The number of carbonyl (C=O) groups is 1. The fourth-order valence-electron chi connectivity index (χ4n) is 3.08. The monoisotopic (exact) mass is 314 g/mol. The lowest BCUT2D eigenvalue weighted by Crippen LogP contribution is -2.25. The van der Waals surface area contributed by atoms with Crippen molar-refractivity contribution in [2.75, 3.05) is 0 Å². The van der Waals surface area contributed by atoms with E-state index in [2.05, 4.69) is 36.2 Å². The molecule has 0 radical (unpaired) electrons. The molecule has 0 fully saturated rings. The molecule has 0 saturated heterocycles. The second-order valence-corrected chi connectivity index (χ2v) is 6.21. The Kier molecular flexibility index (Phi) is 3.62. The number of hydrogen-bond donors (Lipinski definition) is 0. The van der Waals surface area contributed by atoms with Crippen LogP contribution in [0.25, 0.3) is 11.1 Å². The second kappa shape index (κ2) is 5.93. The summed E-state index contributed by atoms with van der Waals surface area (Å²) in [6, 6.07) is 20.2. The molecule has 0 N–H and O–H groups in total. The molecule has 1 aromatic heterocycles. The van der Waals surface area contributed by atoms with Crippen LogP contribution in [-0.4, -0.2) is 15.8 Å². The van der Waals surface area contributed by atoms with Crippen LogP contribution >= 0.6 is 0 Å². The van der Waals surface area contributed by atoms with Gasteiger partial charge in [-0.3, -0.25) is 9.78 Å². The first-order valence-electron chi connectivity index (χ1n) is 8.10. The minimum Gasteiger partial charge on any atom is -0.328 e. The predicted molar refractivity (Wildman–Crippen MR) is 94.4 cm³/mol. The van der Waals surface area contributed by atoms with Gasteiger partial charge in [-0.25, -0.2) is 0 Å². The van der Waals surface area contributed by atoms with Crippen molar-refractivity contribution in [1.82, 2.24) is 9.88 Å². The highest BCUT2D eigenvalue weighted by molar-refractivity contribution is 5.95. The van der Waals surface area contributed by atoms with Crippen molar-refractivity contribution in [2.45, 2.75) is 20.0 Å². The maximum Gasteiger partial charge on any atom is 0.254 e. The number of rotatable bonds is 2. The minimum atomic E-state index is 0.0588. The Balaban J connectivity index is 1.53. The van der Waals surface area contributed by atoms with Gasteiger partial charge < -0.3 is 4.90 Å². The van der Waals surface area contributed by atoms with Crippen LogP contribution in [-0.2, 0) is 13.1 Å². The van der Waals surface area contributed by atoms with Crippen molar-refractivity contribution in [3.05, 3.63) is 89.2 Å². The van der Waals surface area contributed by atoms with Crippen molar-refractivity contribution < 1.29 is 4.79 Å². The van der Waals surface area contributed by atoms with Gasteiger partial charge in [0.05, 0.1) is 12.2 Å². The van der Waals surface area contributed by atoms with Gasteiger partial charge >= 0.3 is 0 Å². The Labute approximate surface area is 141 Å².